The molecule has 0 nitrogen and oxygen atoms in total. The van der Waals surface area contributed by atoms with E-state index in [9.17, 15) is 35.1 Å². The van der Waals surface area contributed by atoms with Crippen LogP contribution in [0.5, 0.6) is 0 Å². The average Bonchev–Trinajstić information content (AvgIpc) is 2.23. The monoisotopic (exact) mass is 294 g/mol. The second-order valence-corrected chi connectivity index (χ2v) is 3.58. The molecule has 0 aliphatic carbocycles. The summed E-state index contributed by atoms with van der Waals surface area (Å²) in [4.78, 5) is 0. The molecular weight excluding hydrogens is 284 g/mol. The molecule has 0 atom stereocenters. The van der Waals surface area contributed by atoms with Gasteiger partial charge in [0.05, 0.1) is 5.57 Å². The maximum atomic E-state index is 13.4. The van der Waals surface area contributed by atoms with Gasteiger partial charge in [-0.3, -0.25) is 0 Å². The van der Waals surface area contributed by atoms with Crippen molar-refractivity contribution in [1.29, 1.82) is 0 Å². The lowest BCUT2D eigenvalue weighted by molar-refractivity contribution is -0.100. The summed E-state index contributed by atoms with van der Waals surface area (Å²) in [6, 6.07) is 0. The summed E-state index contributed by atoms with van der Waals surface area (Å²) < 4.78 is 101. The first kappa shape index (κ1) is 17.7. The molecule has 0 amide bonds. The third kappa shape index (κ3) is 4.36. The van der Waals surface area contributed by atoms with Crippen LogP contribution in [-0.2, 0) is 0 Å². The second-order valence-electron chi connectivity index (χ2n) is 3.58. The molecule has 0 radical (unpaired) electrons. The third-order valence-corrected chi connectivity index (χ3v) is 2.21. The van der Waals surface area contributed by atoms with E-state index in [0.29, 0.717) is 0 Å². The first-order valence-corrected chi connectivity index (χ1v) is 4.93. The molecule has 110 valence electrons. The van der Waals surface area contributed by atoms with E-state index in [0.717, 1.165) is 0 Å². The molecule has 0 aromatic carbocycles. The second kappa shape index (κ2) is 5.75. The molecule has 0 saturated carbocycles. The summed E-state index contributed by atoms with van der Waals surface area (Å²) in [7, 11) is 0. The Labute approximate surface area is 104 Å². The minimum absolute atomic E-state index is 0.100. The Morgan fingerprint density at radius 3 is 1.58 bits per heavy atom. The lowest BCUT2D eigenvalue weighted by Gasteiger charge is -2.15. The van der Waals surface area contributed by atoms with Crippen molar-refractivity contribution < 1.29 is 35.1 Å². The number of alkyl halides is 6. The van der Waals surface area contributed by atoms with Gasteiger partial charge in [-0.2, -0.15) is 26.3 Å². The van der Waals surface area contributed by atoms with Gasteiger partial charge in [0.15, 0.2) is 0 Å². The molecule has 0 aromatic heterocycles. The highest BCUT2D eigenvalue weighted by molar-refractivity contribution is 5.43. The lowest BCUT2D eigenvalue weighted by Crippen LogP contribution is -2.19. The highest BCUT2D eigenvalue weighted by atomic mass is 19.4. The molecule has 0 aromatic rings. The topological polar surface area (TPSA) is 0 Å². The number of hydrogen-bond donors (Lipinski definition) is 0. The summed E-state index contributed by atoms with van der Waals surface area (Å²) in [5.41, 5.74) is -5.48. The normalized spacial score (nSPS) is 15.9. The van der Waals surface area contributed by atoms with Gasteiger partial charge in [0, 0.05) is 0 Å². The Morgan fingerprint density at radius 2 is 1.32 bits per heavy atom. The van der Waals surface area contributed by atoms with Gasteiger partial charge in [0.1, 0.15) is 17.2 Å². The van der Waals surface area contributed by atoms with Crippen LogP contribution in [0.25, 0.3) is 0 Å². The van der Waals surface area contributed by atoms with Crippen LogP contribution in [0.1, 0.15) is 20.3 Å². The fraction of sp³-hybridized carbons (Fsp3) is 0.455. The van der Waals surface area contributed by atoms with Gasteiger partial charge in [0.2, 0.25) is 0 Å². The molecule has 0 N–H and O–H groups in total. The molecule has 0 bridgehead atoms. The summed E-state index contributed by atoms with van der Waals surface area (Å²) in [6.07, 6.45) is -11.2. The van der Waals surface area contributed by atoms with Crippen LogP contribution in [0.4, 0.5) is 35.1 Å². The highest BCUT2D eigenvalue weighted by Gasteiger charge is 2.44. The van der Waals surface area contributed by atoms with Crippen molar-refractivity contribution in [1.82, 2.24) is 0 Å². The molecular formula is C11H10F8. The summed E-state index contributed by atoms with van der Waals surface area (Å²) in [5, 5.41) is 0. The zero-order valence-corrected chi connectivity index (χ0v) is 9.94. The van der Waals surface area contributed by atoms with E-state index in [-0.39, 0.29) is 13.3 Å². The molecule has 19 heavy (non-hydrogen) atoms. The molecule has 0 rings (SSSR count). The van der Waals surface area contributed by atoms with E-state index in [1.54, 1.807) is 0 Å². The van der Waals surface area contributed by atoms with E-state index < -0.39 is 40.7 Å². The van der Waals surface area contributed by atoms with Crippen LogP contribution in [0.15, 0.2) is 35.0 Å². The third-order valence-electron chi connectivity index (χ3n) is 2.21. The van der Waals surface area contributed by atoms with E-state index in [1.807, 2.05) is 0 Å². The molecule has 8 heteroatoms. The van der Waals surface area contributed by atoms with Crippen molar-refractivity contribution in [2.24, 2.45) is 0 Å². The van der Waals surface area contributed by atoms with Crippen molar-refractivity contribution in [3.8, 4) is 0 Å². The van der Waals surface area contributed by atoms with E-state index in [1.165, 1.54) is 6.92 Å². The average molecular weight is 294 g/mol. The van der Waals surface area contributed by atoms with Gasteiger partial charge in [-0.15, -0.1) is 0 Å². The first-order valence-electron chi connectivity index (χ1n) is 4.93. The number of rotatable bonds is 3. The van der Waals surface area contributed by atoms with Crippen LogP contribution in [0.3, 0.4) is 0 Å². The predicted octanol–water partition coefficient (Wildman–Crippen LogP) is 5.54. The molecule has 0 spiro atoms. The van der Waals surface area contributed by atoms with Crippen molar-refractivity contribution in [3.63, 3.8) is 0 Å². The first-order chi connectivity index (χ1) is 8.34. The summed E-state index contributed by atoms with van der Waals surface area (Å²) in [6.45, 7) is 4.24. The van der Waals surface area contributed by atoms with E-state index in [4.69, 9.17) is 0 Å². The minimum Gasteiger partial charge on any atom is -0.206 e. The van der Waals surface area contributed by atoms with E-state index in [2.05, 4.69) is 6.58 Å². The molecule has 0 fully saturated rings. The van der Waals surface area contributed by atoms with Crippen molar-refractivity contribution in [3.05, 3.63) is 35.0 Å². The van der Waals surface area contributed by atoms with Gasteiger partial charge in [0.25, 0.3) is 0 Å². The number of hydrogen-bond acceptors (Lipinski definition) is 0. The van der Waals surface area contributed by atoms with Crippen LogP contribution in [0.2, 0.25) is 0 Å². The molecule has 0 heterocycles. The lowest BCUT2D eigenvalue weighted by atomic mass is 10.0. The maximum absolute atomic E-state index is 13.4. The quantitative estimate of drug-likeness (QED) is 0.473. The maximum Gasteiger partial charge on any atom is 0.422 e. The summed E-state index contributed by atoms with van der Waals surface area (Å²) >= 11 is 0. The Balaban J connectivity index is 6.17. The smallest absolute Gasteiger partial charge is 0.206 e. The SMILES string of the molecule is C=C(CC)/C(F)=C(\C(F)=C(/C)C(F)(F)F)C(F)(F)F. The molecule has 0 saturated heterocycles. The Bertz CT molecular complexity index is 419. The Kier molecular flexibility index (Phi) is 5.34. The fourth-order valence-corrected chi connectivity index (χ4v) is 0.989. The van der Waals surface area contributed by atoms with Crippen LogP contribution in [-0.4, -0.2) is 12.4 Å². The van der Waals surface area contributed by atoms with Gasteiger partial charge in [-0.25, -0.2) is 8.78 Å². The van der Waals surface area contributed by atoms with Gasteiger partial charge >= 0.3 is 12.4 Å². The molecule has 0 unspecified atom stereocenters. The Hall–Kier alpha value is -1.34. The van der Waals surface area contributed by atoms with Crippen molar-refractivity contribution in [2.75, 3.05) is 0 Å². The van der Waals surface area contributed by atoms with Gasteiger partial charge in [-0.05, 0) is 18.9 Å². The highest BCUT2D eigenvalue weighted by Crippen LogP contribution is 2.41. The van der Waals surface area contributed by atoms with Gasteiger partial charge < -0.3 is 0 Å². The minimum atomic E-state index is -5.60. The van der Waals surface area contributed by atoms with Gasteiger partial charge in [-0.1, -0.05) is 13.5 Å². The van der Waals surface area contributed by atoms with Crippen LogP contribution >= 0.6 is 0 Å². The van der Waals surface area contributed by atoms with E-state index >= 15 is 0 Å². The van der Waals surface area contributed by atoms with Crippen LogP contribution in [0, 0.1) is 0 Å². The zero-order chi connectivity index (χ0) is 15.6. The standard InChI is InChI=1S/C11H10F8/c1-4-5(2)8(12)7(11(17,18)19)9(13)6(3)10(14,15)16/h2,4H2,1,3H3/b8-7-,9-6-. The summed E-state index contributed by atoms with van der Waals surface area (Å²) in [5.74, 6) is -4.82. The number of allylic oxidation sites excluding steroid dienone is 5. The van der Waals surface area contributed by atoms with Crippen molar-refractivity contribution in [2.45, 2.75) is 32.6 Å². The van der Waals surface area contributed by atoms with Crippen molar-refractivity contribution >= 4 is 0 Å². The fourth-order valence-electron chi connectivity index (χ4n) is 0.989. The predicted molar refractivity (Wildman–Crippen MR) is 53.5 cm³/mol. The largest absolute Gasteiger partial charge is 0.422 e. The Morgan fingerprint density at radius 1 is 0.895 bits per heavy atom. The molecule has 0 aliphatic rings. The molecule has 0 aliphatic heterocycles. The zero-order valence-electron chi connectivity index (χ0n) is 9.94. The number of halogens is 8. The van der Waals surface area contributed by atoms with Crippen LogP contribution < -0.4 is 0 Å².